The van der Waals surface area contributed by atoms with E-state index >= 15 is 0 Å². The molecule has 0 spiro atoms. The second-order valence-corrected chi connectivity index (χ2v) is 6.52. The van der Waals surface area contributed by atoms with Crippen molar-refractivity contribution in [3.05, 3.63) is 41.7 Å². The summed E-state index contributed by atoms with van der Waals surface area (Å²) < 4.78 is 12.4. The number of aromatic nitrogens is 2. The Hall–Kier alpha value is -2.01. The number of methoxy groups -OCH3 is 2. The molecule has 0 aliphatic rings. The number of guanidine groups is 1. The molecule has 1 heterocycles. The summed E-state index contributed by atoms with van der Waals surface area (Å²) in [7, 11) is 9.21. The van der Waals surface area contributed by atoms with Crippen molar-refractivity contribution in [3.8, 4) is 11.5 Å². The SMILES string of the molecule is COc1ccc(CCNC(N)=NCC(c2cnn(C)c2)N(C)C)cc1OC.I. The van der Waals surface area contributed by atoms with Gasteiger partial charge >= 0.3 is 0 Å². The fourth-order valence-corrected chi connectivity index (χ4v) is 2.79. The van der Waals surface area contributed by atoms with E-state index in [0.717, 1.165) is 29.0 Å². The van der Waals surface area contributed by atoms with Crippen molar-refractivity contribution in [1.29, 1.82) is 0 Å². The van der Waals surface area contributed by atoms with E-state index in [-0.39, 0.29) is 30.0 Å². The minimum atomic E-state index is 0. The Bertz CT molecular complexity index is 763. The second-order valence-electron chi connectivity index (χ2n) is 6.52. The molecule has 0 amide bonds. The molecule has 0 saturated carbocycles. The summed E-state index contributed by atoms with van der Waals surface area (Å²) in [6.45, 7) is 1.25. The van der Waals surface area contributed by atoms with Crippen LogP contribution < -0.4 is 20.5 Å². The van der Waals surface area contributed by atoms with Crippen LogP contribution in [0.5, 0.6) is 11.5 Å². The number of halogens is 1. The third-order valence-electron chi connectivity index (χ3n) is 4.34. The number of benzene rings is 1. The third-order valence-corrected chi connectivity index (χ3v) is 4.34. The van der Waals surface area contributed by atoms with Gasteiger partial charge in [-0.15, -0.1) is 24.0 Å². The largest absolute Gasteiger partial charge is 0.493 e. The minimum Gasteiger partial charge on any atom is -0.493 e. The molecule has 1 atom stereocenters. The number of nitrogens with zero attached hydrogens (tertiary/aromatic N) is 4. The zero-order chi connectivity index (χ0) is 19.8. The Morgan fingerprint density at radius 2 is 2.00 bits per heavy atom. The van der Waals surface area contributed by atoms with Gasteiger partial charge in [0.2, 0.25) is 0 Å². The van der Waals surface area contributed by atoms with Gasteiger partial charge in [-0.3, -0.25) is 9.67 Å². The maximum Gasteiger partial charge on any atom is 0.188 e. The van der Waals surface area contributed by atoms with Crippen LogP contribution in [-0.4, -0.2) is 62.0 Å². The van der Waals surface area contributed by atoms with Gasteiger partial charge in [0.25, 0.3) is 0 Å². The number of aliphatic imine (C=N–C) groups is 1. The Morgan fingerprint density at radius 3 is 2.57 bits per heavy atom. The molecule has 28 heavy (non-hydrogen) atoms. The van der Waals surface area contributed by atoms with E-state index in [1.165, 1.54) is 0 Å². The van der Waals surface area contributed by atoms with Crippen molar-refractivity contribution in [1.82, 2.24) is 20.0 Å². The molecule has 0 saturated heterocycles. The number of ether oxygens (including phenoxy) is 2. The highest BCUT2D eigenvalue weighted by atomic mass is 127. The van der Waals surface area contributed by atoms with Gasteiger partial charge in [0.05, 0.1) is 33.0 Å². The molecule has 0 aliphatic carbocycles. The fraction of sp³-hybridized carbons (Fsp3) is 0.474. The Morgan fingerprint density at radius 1 is 1.29 bits per heavy atom. The number of nitrogens with one attached hydrogen (secondary N) is 1. The lowest BCUT2D eigenvalue weighted by Crippen LogP contribution is -2.34. The Balaban J connectivity index is 0.00000392. The van der Waals surface area contributed by atoms with Crippen molar-refractivity contribution in [3.63, 3.8) is 0 Å². The summed E-state index contributed by atoms with van der Waals surface area (Å²) >= 11 is 0. The van der Waals surface area contributed by atoms with Crippen LogP contribution in [0.2, 0.25) is 0 Å². The molecule has 2 rings (SSSR count). The summed E-state index contributed by atoms with van der Waals surface area (Å²) in [5.74, 6) is 1.88. The van der Waals surface area contributed by atoms with Crippen molar-refractivity contribution in [2.24, 2.45) is 17.8 Å². The number of hydrogen-bond donors (Lipinski definition) is 2. The van der Waals surface area contributed by atoms with E-state index < -0.39 is 0 Å². The molecule has 0 aliphatic heterocycles. The summed E-state index contributed by atoms with van der Waals surface area (Å²) in [4.78, 5) is 6.59. The van der Waals surface area contributed by atoms with Crippen LogP contribution in [0.3, 0.4) is 0 Å². The lowest BCUT2D eigenvalue weighted by molar-refractivity contribution is 0.306. The number of rotatable bonds is 9. The smallest absolute Gasteiger partial charge is 0.188 e. The quantitative estimate of drug-likeness (QED) is 0.309. The van der Waals surface area contributed by atoms with Gasteiger partial charge in [-0.25, -0.2) is 0 Å². The minimum absolute atomic E-state index is 0. The highest BCUT2D eigenvalue weighted by Gasteiger charge is 2.15. The normalized spacial score (nSPS) is 12.4. The van der Waals surface area contributed by atoms with E-state index in [9.17, 15) is 0 Å². The molecule has 0 bridgehead atoms. The van der Waals surface area contributed by atoms with Crippen molar-refractivity contribution >= 4 is 29.9 Å². The maximum absolute atomic E-state index is 6.03. The average molecular weight is 502 g/mol. The van der Waals surface area contributed by atoms with Crippen LogP contribution in [0.25, 0.3) is 0 Å². The summed E-state index contributed by atoms with van der Waals surface area (Å²) in [6.07, 6.45) is 4.66. The van der Waals surface area contributed by atoms with Gasteiger partial charge in [0, 0.05) is 25.4 Å². The first-order valence-electron chi connectivity index (χ1n) is 8.84. The molecule has 0 radical (unpaired) electrons. The predicted molar refractivity (Wildman–Crippen MR) is 123 cm³/mol. The van der Waals surface area contributed by atoms with E-state index in [1.807, 2.05) is 51.7 Å². The van der Waals surface area contributed by atoms with E-state index in [2.05, 4.69) is 20.3 Å². The van der Waals surface area contributed by atoms with Crippen LogP contribution >= 0.6 is 24.0 Å². The van der Waals surface area contributed by atoms with Gasteiger partial charge in [-0.2, -0.15) is 5.10 Å². The molecular formula is C19H31IN6O2. The van der Waals surface area contributed by atoms with E-state index in [4.69, 9.17) is 15.2 Å². The highest BCUT2D eigenvalue weighted by Crippen LogP contribution is 2.27. The lowest BCUT2D eigenvalue weighted by atomic mass is 10.1. The van der Waals surface area contributed by atoms with Gasteiger partial charge < -0.3 is 25.4 Å². The number of hydrogen-bond acceptors (Lipinski definition) is 5. The monoisotopic (exact) mass is 502 g/mol. The van der Waals surface area contributed by atoms with Crippen molar-refractivity contribution in [2.45, 2.75) is 12.5 Å². The van der Waals surface area contributed by atoms with Gasteiger partial charge in [0.15, 0.2) is 17.5 Å². The lowest BCUT2D eigenvalue weighted by Gasteiger charge is -2.21. The summed E-state index contributed by atoms with van der Waals surface area (Å²) in [5.41, 5.74) is 8.28. The molecule has 1 unspecified atom stereocenters. The Kier molecular flexibility index (Phi) is 10.1. The summed E-state index contributed by atoms with van der Waals surface area (Å²) in [6, 6.07) is 6.02. The van der Waals surface area contributed by atoms with Gasteiger partial charge in [-0.05, 0) is 38.2 Å². The van der Waals surface area contributed by atoms with Crippen LogP contribution in [0.1, 0.15) is 17.2 Å². The second kappa shape index (κ2) is 11.7. The molecule has 1 aromatic heterocycles. The molecule has 3 N–H and O–H groups in total. The predicted octanol–water partition coefficient (Wildman–Crippen LogP) is 1.80. The fourth-order valence-electron chi connectivity index (χ4n) is 2.79. The molecule has 0 fully saturated rings. The number of aryl methyl sites for hydroxylation is 1. The Labute approximate surface area is 184 Å². The maximum atomic E-state index is 6.03. The highest BCUT2D eigenvalue weighted by molar-refractivity contribution is 14.0. The van der Waals surface area contributed by atoms with E-state index in [0.29, 0.717) is 19.0 Å². The molecule has 8 nitrogen and oxygen atoms in total. The molecular weight excluding hydrogens is 471 g/mol. The molecule has 1 aromatic carbocycles. The summed E-state index contributed by atoms with van der Waals surface area (Å²) in [5, 5.41) is 7.40. The van der Waals surface area contributed by atoms with Crippen LogP contribution in [0.15, 0.2) is 35.6 Å². The van der Waals surface area contributed by atoms with Crippen molar-refractivity contribution < 1.29 is 9.47 Å². The molecule has 156 valence electrons. The molecule has 9 heteroatoms. The third kappa shape index (κ3) is 6.86. The topological polar surface area (TPSA) is 89.9 Å². The number of nitrogens with two attached hydrogens (primary N) is 1. The van der Waals surface area contributed by atoms with Gasteiger partial charge in [-0.1, -0.05) is 6.07 Å². The van der Waals surface area contributed by atoms with E-state index in [1.54, 1.807) is 18.9 Å². The first-order chi connectivity index (χ1) is 12.9. The number of likely N-dealkylation sites (N-methyl/N-ethyl adjacent to an activating group) is 1. The molecule has 2 aromatic rings. The van der Waals surface area contributed by atoms with Crippen molar-refractivity contribution in [2.75, 3.05) is 41.4 Å². The standard InChI is InChI=1S/C19H30N6O2.HI/c1-24(2)16(15-11-23-25(3)13-15)12-22-19(20)21-9-8-14-6-7-17(26-4)18(10-14)27-5;/h6-7,10-11,13,16H,8-9,12H2,1-5H3,(H3,20,21,22);1H. The zero-order valence-electron chi connectivity index (χ0n) is 17.2. The first-order valence-corrected chi connectivity index (χ1v) is 8.84. The van der Waals surface area contributed by atoms with Crippen LogP contribution in [0.4, 0.5) is 0 Å². The van der Waals surface area contributed by atoms with Crippen LogP contribution in [0, 0.1) is 0 Å². The first kappa shape index (κ1) is 24.0. The van der Waals surface area contributed by atoms with Gasteiger partial charge in [0.1, 0.15) is 0 Å². The van der Waals surface area contributed by atoms with Crippen LogP contribution in [-0.2, 0) is 13.5 Å². The average Bonchev–Trinajstić information content (AvgIpc) is 3.07. The zero-order valence-corrected chi connectivity index (χ0v) is 19.5.